The summed E-state index contributed by atoms with van der Waals surface area (Å²) in [5.74, 6) is 1.27. The van der Waals surface area contributed by atoms with E-state index in [0.29, 0.717) is 42.7 Å². The van der Waals surface area contributed by atoms with Crippen LogP contribution in [-0.2, 0) is 15.0 Å². The maximum atomic E-state index is 5.63. The molecule has 9 heteroatoms. The minimum atomic E-state index is -0.518. The van der Waals surface area contributed by atoms with E-state index >= 15 is 0 Å². The Morgan fingerprint density at radius 1 is 1.07 bits per heavy atom. The van der Waals surface area contributed by atoms with Crippen molar-refractivity contribution < 1.29 is 9.47 Å². The minimum absolute atomic E-state index is 0.376. The molecule has 1 aromatic carbocycles. The lowest BCUT2D eigenvalue weighted by molar-refractivity contribution is -0.126. The molecular weight excluding hydrogens is 370 g/mol. The van der Waals surface area contributed by atoms with Gasteiger partial charge in [0, 0.05) is 18.8 Å². The Labute approximate surface area is 169 Å². The highest BCUT2D eigenvalue weighted by Gasteiger charge is 2.36. The predicted molar refractivity (Wildman–Crippen MR) is 109 cm³/mol. The van der Waals surface area contributed by atoms with Crippen molar-refractivity contribution in [3.63, 3.8) is 0 Å². The summed E-state index contributed by atoms with van der Waals surface area (Å²) in [4.78, 5) is 0. The van der Waals surface area contributed by atoms with Crippen LogP contribution < -0.4 is 5.32 Å². The van der Waals surface area contributed by atoms with Gasteiger partial charge in [0.15, 0.2) is 23.6 Å². The topological polar surface area (TPSA) is 98.3 Å². The average Bonchev–Trinajstić information content (AvgIpc) is 3.27. The van der Waals surface area contributed by atoms with Gasteiger partial charge in [-0.2, -0.15) is 14.7 Å². The molecule has 9 nitrogen and oxygen atoms in total. The van der Waals surface area contributed by atoms with Crippen molar-refractivity contribution in [1.82, 2.24) is 19.8 Å². The fourth-order valence-electron chi connectivity index (χ4n) is 3.39. The summed E-state index contributed by atoms with van der Waals surface area (Å²) in [6.07, 6.45) is -0.376. The number of ether oxygens (including phenoxy) is 2. The fraction of sp³-hybridized carbons (Fsp3) is 0.450. The van der Waals surface area contributed by atoms with Crippen molar-refractivity contribution in [3.05, 3.63) is 35.9 Å². The lowest BCUT2D eigenvalue weighted by atomic mass is 9.96. The van der Waals surface area contributed by atoms with Gasteiger partial charge in [-0.25, -0.2) is 0 Å². The fourth-order valence-corrected chi connectivity index (χ4v) is 3.39. The average molecular weight is 395 g/mol. The molecule has 0 saturated carbocycles. The molecule has 0 unspecified atom stereocenters. The normalized spacial score (nSPS) is 14.7. The molecule has 152 valence electrons. The first-order chi connectivity index (χ1) is 14.0. The number of hydrogen-bond acceptors (Lipinski definition) is 8. The molecule has 2 aromatic heterocycles. The van der Waals surface area contributed by atoms with Gasteiger partial charge in [-0.05, 0) is 27.7 Å². The van der Waals surface area contributed by atoms with E-state index in [1.165, 1.54) is 0 Å². The molecule has 3 heterocycles. The standard InChI is InChI=1S/C20H25N7O2/c1-5-28-14(29-6-2)12-21-17-16-15(20(3,4)26-22-16)19-24-23-18(27(19)25-17)13-10-8-7-9-11-13/h7-11,14H,5-6,12H2,1-4H3,(H,21,25). The van der Waals surface area contributed by atoms with Crippen LogP contribution in [0.3, 0.4) is 0 Å². The molecule has 0 aliphatic carbocycles. The lowest BCUT2D eigenvalue weighted by Crippen LogP contribution is -2.27. The molecule has 1 N–H and O–H groups in total. The summed E-state index contributed by atoms with van der Waals surface area (Å²) in [5.41, 5.74) is 2.65. The summed E-state index contributed by atoms with van der Waals surface area (Å²) in [7, 11) is 0. The van der Waals surface area contributed by atoms with Crippen molar-refractivity contribution in [3.8, 4) is 11.4 Å². The first-order valence-electron chi connectivity index (χ1n) is 9.80. The maximum absolute atomic E-state index is 5.63. The number of rotatable bonds is 8. The molecule has 0 radical (unpaired) electrons. The van der Waals surface area contributed by atoms with Gasteiger partial charge in [0.25, 0.3) is 0 Å². The third kappa shape index (κ3) is 3.58. The van der Waals surface area contributed by atoms with E-state index in [4.69, 9.17) is 14.6 Å². The van der Waals surface area contributed by atoms with Gasteiger partial charge in [0.05, 0.1) is 12.1 Å². The summed E-state index contributed by atoms with van der Waals surface area (Å²) >= 11 is 0. The molecule has 0 fully saturated rings. The molecule has 1 aliphatic heterocycles. The van der Waals surface area contributed by atoms with Gasteiger partial charge in [-0.3, -0.25) is 0 Å². The third-order valence-corrected chi connectivity index (χ3v) is 4.71. The Balaban J connectivity index is 1.79. The van der Waals surface area contributed by atoms with E-state index in [9.17, 15) is 0 Å². The Morgan fingerprint density at radius 2 is 1.79 bits per heavy atom. The first-order valence-corrected chi connectivity index (χ1v) is 9.80. The van der Waals surface area contributed by atoms with Crippen LogP contribution in [0.5, 0.6) is 0 Å². The van der Waals surface area contributed by atoms with Gasteiger partial charge in [0.1, 0.15) is 11.2 Å². The van der Waals surface area contributed by atoms with Crippen molar-refractivity contribution >= 4 is 17.2 Å². The number of nitrogens with zero attached hydrogens (tertiary/aromatic N) is 6. The minimum Gasteiger partial charge on any atom is -0.362 e. The number of anilines is 1. The highest BCUT2D eigenvalue weighted by atomic mass is 16.7. The Morgan fingerprint density at radius 3 is 2.48 bits per heavy atom. The predicted octanol–water partition coefficient (Wildman–Crippen LogP) is 3.93. The van der Waals surface area contributed by atoms with Gasteiger partial charge < -0.3 is 14.8 Å². The van der Waals surface area contributed by atoms with Crippen LogP contribution in [0.15, 0.2) is 40.6 Å². The highest BCUT2D eigenvalue weighted by Crippen LogP contribution is 2.45. The van der Waals surface area contributed by atoms with Crippen LogP contribution in [0.4, 0.5) is 11.5 Å². The van der Waals surface area contributed by atoms with E-state index in [1.54, 1.807) is 4.52 Å². The number of nitrogens with one attached hydrogen (secondary N) is 1. The van der Waals surface area contributed by atoms with E-state index in [-0.39, 0.29) is 6.29 Å². The number of aromatic nitrogens is 4. The summed E-state index contributed by atoms with van der Waals surface area (Å²) < 4.78 is 13.0. The van der Waals surface area contributed by atoms with Crippen LogP contribution in [0.25, 0.3) is 17.0 Å². The molecule has 29 heavy (non-hydrogen) atoms. The van der Waals surface area contributed by atoms with Crippen LogP contribution in [-0.4, -0.2) is 45.9 Å². The largest absolute Gasteiger partial charge is 0.362 e. The molecular formula is C20H25N7O2. The van der Waals surface area contributed by atoms with Crippen molar-refractivity contribution in [2.45, 2.75) is 39.5 Å². The van der Waals surface area contributed by atoms with Gasteiger partial charge in [-0.15, -0.1) is 15.3 Å². The molecule has 0 bridgehead atoms. The van der Waals surface area contributed by atoms with Gasteiger partial charge in [-0.1, -0.05) is 30.3 Å². The molecule has 4 rings (SSSR count). The zero-order valence-corrected chi connectivity index (χ0v) is 17.1. The smallest absolute Gasteiger partial charge is 0.186 e. The molecule has 0 atom stereocenters. The number of azo groups is 1. The van der Waals surface area contributed by atoms with E-state index in [0.717, 1.165) is 11.1 Å². The second kappa shape index (κ2) is 7.84. The Kier molecular flexibility index (Phi) is 5.25. The number of hydrogen-bond donors (Lipinski definition) is 1. The SMILES string of the molecule is CCOC(CNc1nn2c(-c3ccccc3)nnc2c2c1N=NC2(C)C)OCC. The van der Waals surface area contributed by atoms with Crippen LogP contribution >= 0.6 is 0 Å². The van der Waals surface area contributed by atoms with Gasteiger partial charge in [0.2, 0.25) is 0 Å². The second-order valence-electron chi connectivity index (χ2n) is 7.18. The highest BCUT2D eigenvalue weighted by molar-refractivity contribution is 5.76. The van der Waals surface area contributed by atoms with Crippen molar-refractivity contribution in [2.24, 2.45) is 10.2 Å². The van der Waals surface area contributed by atoms with Crippen molar-refractivity contribution in [2.75, 3.05) is 25.1 Å². The first kappa shape index (κ1) is 19.4. The number of fused-ring (bicyclic) bond motifs is 3. The zero-order valence-electron chi connectivity index (χ0n) is 17.1. The maximum Gasteiger partial charge on any atom is 0.186 e. The van der Waals surface area contributed by atoms with Crippen LogP contribution in [0.1, 0.15) is 33.3 Å². The zero-order chi connectivity index (χ0) is 20.4. The Hall–Kier alpha value is -2.91. The van der Waals surface area contributed by atoms with Crippen LogP contribution in [0.2, 0.25) is 0 Å². The summed E-state index contributed by atoms with van der Waals surface area (Å²) in [6, 6.07) is 9.86. The molecule has 0 amide bonds. The Bertz CT molecular complexity index is 1020. The van der Waals surface area contributed by atoms with E-state index < -0.39 is 5.54 Å². The molecule has 0 saturated heterocycles. The molecule has 1 aliphatic rings. The van der Waals surface area contributed by atoms with Crippen LogP contribution in [0, 0.1) is 0 Å². The van der Waals surface area contributed by atoms with E-state index in [1.807, 2.05) is 58.0 Å². The molecule has 3 aromatic rings. The van der Waals surface area contributed by atoms with E-state index in [2.05, 4.69) is 25.7 Å². The quantitative estimate of drug-likeness (QED) is 0.580. The monoisotopic (exact) mass is 395 g/mol. The third-order valence-electron chi connectivity index (χ3n) is 4.71. The number of benzene rings is 1. The molecule has 0 spiro atoms. The second-order valence-corrected chi connectivity index (χ2v) is 7.18. The summed E-state index contributed by atoms with van der Waals surface area (Å²) in [5, 5.41) is 25.7. The van der Waals surface area contributed by atoms with Gasteiger partial charge >= 0.3 is 0 Å². The summed E-state index contributed by atoms with van der Waals surface area (Å²) in [6.45, 7) is 9.45. The lowest BCUT2D eigenvalue weighted by Gasteiger charge is -2.19. The van der Waals surface area contributed by atoms with Crippen molar-refractivity contribution in [1.29, 1.82) is 0 Å².